The molecule has 0 saturated heterocycles. The first kappa shape index (κ1) is 34.5. The molecule has 251 valence electrons. The number of hydrogen-bond donors (Lipinski definition) is 0. The van der Waals surface area contributed by atoms with E-state index in [1.807, 2.05) is 30.3 Å². The monoisotopic (exact) mass is 668 g/mol. The molecule has 9 nitrogen and oxygen atoms in total. The number of carbonyl (C=O) groups is 2. The number of rotatable bonds is 13. The summed E-state index contributed by atoms with van der Waals surface area (Å²) in [5.74, 6) is -1.29. The normalized spacial score (nSPS) is 13.0. The van der Waals surface area contributed by atoms with Gasteiger partial charge in [-0.2, -0.15) is 28.5 Å². The second-order valence-electron chi connectivity index (χ2n) is 11.2. The fraction of sp³-hybridized carbons (Fsp3) is 0.243. The van der Waals surface area contributed by atoms with Gasteiger partial charge in [0.05, 0.1) is 35.2 Å². The first-order valence-electron chi connectivity index (χ1n) is 15.8. The summed E-state index contributed by atoms with van der Waals surface area (Å²) < 4.78 is 52.3. The highest BCUT2D eigenvalue weighted by Crippen LogP contribution is 2.29. The van der Waals surface area contributed by atoms with Crippen LogP contribution in [0.3, 0.4) is 0 Å². The zero-order valence-electron chi connectivity index (χ0n) is 26.7. The molecule has 0 saturated carbocycles. The number of nitriles is 1. The molecule has 1 aliphatic rings. The van der Waals surface area contributed by atoms with Gasteiger partial charge in [0.15, 0.2) is 0 Å². The topological polar surface area (TPSA) is 109 Å². The standard InChI is InChI=1S/C37H33F3N5O4/c1-2-3-4-5-6-7-24-48-32-20-14-28(15-21-32)27-10-12-29(13-11-27)34(46)49-33-22-18-31(19-23-33)45-36(47)44(42-35(43-45)37(38,39)40)30-16-8-26(25-41)9-17-30/h8-23H,2-7,24H2,1H3. The average molecular weight is 669 g/mol. The molecule has 4 aromatic rings. The second kappa shape index (κ2) is 15.8. The van der Waals surface area contributed by atoms with Crippen molar-refractivity contribution >= 4 is 29.2 Å². The van der Waals surface area contributed by atoms with Gasteiger partial charge in [-0.05, 0) is 90.3 Å². The SMILES string of the molecule is CCCCCCCCOc1ccc(-c2ccc(C(=O)Oc3ccc(N4[N]C(C(F)(F)F)=NN(c5ccc(C#N)cc5)C4=O)cc3)cc2)cc1. The lowest BCUT2D eigenvalue weighted by molar-refractivity contribution is -0.0625. The summed E-state index contributed by atoms with van der Waals surface area (Å²) in [5, 5.41) is 13.5. The molecule has 0 fully saturated rings. The molecule has 1 aliphatic heterocycles. The average Bonchev–Trinajstić information content (AvgIpc) is 3.11. The van der Waals surface area contributed by atoms with Crippen molar-refractivity contribution in [2.75, 3.05) is 16.6 Å². The fourth-order valence-corrected chi connectivity index (χ4v) is 4.95. The minimum absolute atomic E-state index is 0.00653. The molecule has 0 aliphatic carbocycles. The predicted octanol–water partition coefficient (Wildman–Crippen LogP) is 9.03. The van der Waals surface area contributed by atoms with E-state index in [9.17, 15) is 22.8 Å². The van der Waals surface area contributed by atoms with Crippen molar-refractivity contribution in [1.29, 1.82) is 5.26 Å². The largest absolute Gasteiger partial charge is 0.494 e. The Morgan fingerprint density at radius 2 is 1.31 bits per heavy atom. The van der Waals surface area contributed by atoms with Gasteiger partial charge >= 0.3 is 18.2 Å². The van der Waals surface area contributed by atoms with E-state index >= 15 is 0 Å². The Kier molecular flexibility index (Phi) is 11.2. The molecular formula is C37H33F3N5O4. The Morgan fingerprint density at radius 3 is 1.92 bits per heavy atom. The number of esters is 1. The van der Waals surface area contributed by atoms with Crippen molar-refractivity contribution in [1.82, 2.24) is 5.43 Å². The van der Waals surface area contributed by atoms with Crippen LogP contribution < -0.4 is 24.9 Å². The predicted molar refractivity (Wildman–Crippen MR) is 179 cm³/mol. The molecule has 1 heterocycles. The molecule has 0 aromatic heterocycles. The van der Waals surface area contributed by atoms with Crippen molar-refractivity contribution in [2.45, 2.75) is 51.6 Å². The number of amidine groups is 1. The molecule has 5 rings (SSSR count). The lowest BCUT2D eigenvalue weighted by Gasteiger charge is -2.32. The van der Waals surface area contributed by atoms with Gasteiger partial charge in [0, 0.05) is 0 Å². The zero-order chi connectivity index (χ0) is 34.8. The minimum atomic E-state index is -4.96. The van der Waals surface area contributed by atoms with E-state index in [4.69, 9.17) is 14.7 Å². The Balaban J connectivity index is 1.19. The third kappa shape index (κ3) is 8.96. The quantitative estimate of drug-likeness (QED) is 0.0802. The van der Waals surface area contributed by atoms with Crippen molar-refractivity contribution in [2.24, 2.45) is 5.10 Å². The maximum absolute atomic E-state index is 13.7. The number of hydrogen-bond acceptors (Lipinski definition) is 6. The summed E-state index contributed by atoms with van der Waals surface area (Å²) >= 11 is 0. The first-order valence-corrected chi connectivity index (χ1v) is 15.8. The zero-order valence-corrected chi connectivity index (χ0v) is 26.7. The lowest BCUT2D eigenvalue weighted by Crippen LogP contribution is -2.55. The Labute approximate surface area is 282 Å². The van der Waals surface area contributed by atoms with Crippen LogP contribution >= 0.6 is 0 Å². The van der Waals surface area contributed by atoms with Gasteiger partial charge in [-0.25, -0.2) is 9.59 Å². The molecule has 12 heteroatoms. The van der Waals surface area contributed by atoms with E-state index < -0.39 is 24.0 Å². The fourth-order valence-electron chi connectivity index (χ4n) is 4.95. The molecule has 0 spiro atoms. The molecule has 1 radical (unpaired) electrons. The van der Waals surface area contributed by atoms with Gasteiger partial charge in [0.2, 0.25) is 0 Å². The van der Waals surface area contributed by atoms with Gasteiger partial charge < -0.3 is 9.47 Å². The number of alkyl halides is 3. The van der Waals surface area contributed by atoms with E-state index in [0.29, 0.717) is 16.6 Å². The number of hydrazone groups is 1. The van der Waals surface area contributed by atoms with Crippen molar-refractivity contribution in [3.8, 4) is 28.7 Å². The van der Waals surface area contributed by atoms with Gasteiger partial charge in [-0.15, -0.1) is 10.5 Å². The first-order chi connectivity index (χ1) is 23.7. The molecule has 49 heavy (non-hydrogen) atoms. The van der Waals surface area contributed by atoms with Gasteiger partial charge in [0.1, 0.15) is 11.5 Å². The summed E-state index contributed by atoms with van der Waals surface area (Å²) in [5.41, 5.74) is 5.80. The number of nitrogens with zero attached hydrogens (tertiary/aromatic N) is 5. The number of carbonyl (C=O) groups excluding carboxylic acids is 2. The number of anilines is 2. The summed E-state index contributed by atoms with van der Waals surface area (Å²) in [6.07, 6.45) is 2.24. The Hall–Kier alpha value is -5.83. The van der Waals surface area contributed by atoms with Crippen LogP contribution in [0.1, 0.15) is 61.4 Å². The third-order valence-electron chi connectivity index (χ3n) is 7.61. The Morgan fingerprint density at radius 1 is 0.755 bits per heavy atom. The van der Waals surface area contributed by atoms with E-state index in [1.165, 1.54) is 74.2 Å². The summed E-state index contributed by atoms with van der Waals surface area (Å²) in [6.45, 7) is 2.89. The van der Waals surface area contributed by atoms with Gasteiger partial charge in [0.25, 0.3) is 5.84 Å². The second-order valence-corrected chi connectivity index (χ2v) is 11.2. The Bertz CT molecular complexity index is 1800. The maximum Gasteiger partial charge on any atom is 0.455 e. The molecule has 0 atom stereocenters. The van der Waals surface area contributed by atoms with Crippen molar-refractivity contribution in [3.63, 3.8) is 0 Å². The smallest absolute Gasteiger partial charge is 0.455 e. The van der Waals surface area contributed by atoms with Crippen LogP contribution in [0.4, 0.5) is 29.3 Å². The van der Waals surface area contributed by atoms with E-state index in [-0.39, 0.29) is 28.3 Å². The van der Waals surface area contributed by atoms with Crippen molar-refractivity contribution < 1.29 is 32.2 Å². The lowest BCUT2D eigenvalue weighted by atomic mass is 10.0. The van der Waals surface area contributed by atoms with Crippen LogP contribution in [-0.4, -0.2) is 30.6 Å². The van der Waals surface area contributed by atoms with Crippen LogP contribution in [0, 0.1) is 11.3 Å². The van der Waals surface area contributed by atoms with Crippen LogP contribution in [0.15, 0.2) is 102 Å². The summed E-state index contributed by atoms with van der Waals surface area (Å²) in [4.78, 5) is 26.0. The van der Waals surface area contributed by atoms with Gasteiger partial charge in [-0.3, -0.25) is 0 Å². The number of benzene rings is 4. The van der Waals surface area contributed by atoms with Crippen LogP contribution in [-0.2, 0) is 0 Å². The van der Waals surface area contributed by atoms with Crippen LogP contribution in [0.2, 0.25) is 0 Å². The number of ether oxygens (including phenoxy) is 2. The highest BCUT2D eigenvalue weighted by Gasteiger charge is 2.45. The number of unbranched alkanes of at least 4 members (excludes halogenated alkanes) is 5. The maximum atomic E-state index is 13.7. The number of urea groups is 1. The van der Waals surface area contributed by atoms with Crippen molar-refractivity contribution in [3.05, 3.63) is 108 Å². The van der Waals surface area contributed by atoms with E-state index in [1.54, 1.807) is 24.3 Å². The van der Waals surface area contributed by atoms with E-state index in [0.717, 1.165) is 29.7 Å². The third-order valence-corrected chi connectivity index (χ3v) is 7.61. The van der Waals surface area contributed by atoms with E-state index in [2.05, 4.69) is 17.5 Å². The summed E-state index contributed by atoms with van der Waals surface area (Å²) in [6, 6.07) is 26.1. The molecule has 2 amide bonds. The molecule has 0 bridgehead atoms. The molecule has 0 N–H and O–H groups in total. The molecule has 0 unspecified atom stereocenters. The van der Waals surface area contributed by atoms with Crippen LogP contribution in [0.25, 0.3) is 11.1 Å². The number of halogens is 3. The van der Waals surface area contributed by atoms with Gasteiger partial charge in [-0.1, -0.05) is 63.3 Å². The molecule has 4 aromatic carbocycles. The number of amides is 2. The molecular weight excluding hydrogens is 635 g/mol. The summed E-state index contributed by atoms with van der Waals surface area (Å²) in [7, 11) is 0. The van der Waals surface area contributed by atoms with Crippen LogP contribution in [0.5, 0.6) is 11.5 Å². The minimum Gasteiger partial charge on any atom is -0.494 e. The highest BCUT2D eigenvalue weighted by atomic mass is 19.4. The highest BCUT2D eigenvalue weighted by molar-refractivity contribution is 6.10.